The first kappa shape index (κ1) is 17.4. The van der Waals surface area contributed by atoms with Crippen molar-refractivity contribution in [3.63, 3.8) is 0 Å². The third kappa shape index (κ3) is 4.24. The number of hydrazone groups is 1. The Kier molecular flexibility index (Phi) is 4.99. The lowest BCUT2D eigenvalue weighted by Gasteiger charge is -1.98. The zero-order valence-corrected chi connectivity index (χ0v) is 15.4. The number of carbonyl (C=O) groups is 1. The Labute approximate surface area is 161 Å². The molecule has 4 aromatic rings. The van der Waals surface area contributed by atoms with Crippen LogP contribution in [0.15, 0.2) is 79.6 Å². The average Bonchev–Trinajstić information content (AvgIpc) is 3.28. The number of hydrogen-bond donors (Lipinski definition) is 1. The predicted octanol–water partition coefficient (Wildman–Crippen LogP) is 4.94. The summed E-state index contributed by atoms with van der Waals surface area (Å²) in [5.74, 6) is -0.492. The van der Waals surface area contributed by atoms with Crippen molar-refractivity contribution in [3.05, 3.63) is 77.8 Å². The fourth-order valence-electron chi connectivity index (χ4n) is 2.29. The van der Waals surface area contributed by atoms with E-state index in [0.29, 0.717) is 10.9 Å². The molecule has 0 saturated heterocycles. The molecule has 0 spiro atoms. The third-order valence-electron chi connectivity index (χ3n) is 3.51. The van der Waals surface area contributed by atoms with Crippen molar-refractivity contribution in [2.45, 2.75) is 9.43 Å². The van der Waals surface area contributed by atoms with Crippen LogP contribution in [0.2, 0.25) is 0 Å². The molecule has 2 aromatic carbocycles. The minimum absolute atomic E-state index is 0.193. The summed E-state index contributed by atoms with van der Waals surface area (Å²) in [6.07, 6.45) is 1.39. The predicted molar refractivity (Wildman–Crippen MR) is 104 cm³/mol. The fourth-order valence-corrected chi connectivity index (χ4v) is 4.26. The molecule has 0 aliphatic rings. The van der Waals surface area contributed by atoms with Crippen LogP contribution in [0.5, 0.6) is 0 Å². The molecule has 0 atom stereocenters. The highest BCUT2D eigenvalue weighted by molar-refractivity contribution is 8.01. The summed E-state index contributed by atoms with van der Waals surface area (Å²) in [5, 5.41) is 4.51. The van der Waals surface area contributed by atoms with Gasteiger partial charge >= 0.3 is 0 Å². The third-order valence-corrected chi connectivity index (χ3v) is 5.53. The smallest absolute Gasteiger partial charge is 0.271 e. The highest BCUT2D eigenvalue weighted by atomic mass is 32.2. The molecule has 2 heterocycles. The molecule has 8 heteroatoms. The largest absolute Gasteiger partial charge is 0.448 e. The average molecular weight is 397 g/mol. The van der Waals surface area contributed by atoms with Crippen molar-refractivity contribution in [1.82, 2.24) is 10.4 Å². The molecular formula is C19H12FN3O2S2. The second-order valence-corrected chi connectivity index (χ2v) is 7.70. The van der Waals surface area contributed by atoms with Crippen LogP contribution in [0, 0.1) is 5.82 Å². The molecule has 1 N–H and O–H groups in total. The van der Waals surface area contributed by atoms with E-state index in [1.165, 1.54) is 36.2 Å². The zero-order chi connectivity index (χ0) is 18.6. The molecule has 0 bridgehead atoms. The van der Waals surface area contributed by atoms with Crippen molar-refractivity contribution in [3.8, 4) is 0 Å². The number of para-hydroxylation sites is 1. The van der Waals surface area contributed by atoms with Crippen LogP contribution in [-0.2, 0) is 0 Å². The number of furan rings is 1. The Morgan fingerprint density at radius 2 is 2.07 bits per heavy atom. The Morgan fingerprint density at radius 1 is 1.19 bits per heavy atom. The van der Waals surface area contributed by atoms with Crippen LogP contribution in [0.1, 0.15) is 16.1 Å². The Hall–Kier alpha value is -2.97. The summed E-state index contributed by atoms with van der Waals surface area (Å²) < 4.78 is 20.8. The molecule has 0 saturated carbocycles. The van der Waals surface area contributed by atoms with Gasteiger partial charge < -0.3 is 4.42 Å². The number of carbonyl (C=O) groups excluding carboxylic acids is 1. The molecule has 27 heavy (non-hydrogen) atoms. The maximum Gasteiger partial charge on any atom is 0.271 e. The van der Waals surface area contributed by atoms with E-state index in [2.05, 4.69) is 15.5 Å². The number of nitrogens with one attached hydrogen (secondary N) is 1. The second kappa shape index (κ2) is 7.73. The lowest BCUT2D eigenvalue weighted by Crippen LogP contribution is -2.17. The van der Waals surface area contributed by atoms with Crippen LogP contribution in [0.3, 0.4) is 0 Å². The van der Waals surface area contributed by atoms with Gasteiger partial charge in [0.05, 0.1) is 16.4 Å². The van der Waals surface area contributed by atoms with Crippen molar-refractivity contribution >= 4 is 45.4 Å². The Morgan fingerprint density at radius 3 is 2.93 bits per heavy atom. The first-order valence-electron chi connectivity index (χ1n) is 7.89. The van der Waals surface area contributed by atoms with E-state index in [9.17, 15) is 9.18 Å². The molecule has 4 rings (SSSR count). The number of nitrogens with zero attached hydrogens (tertiary/aromatic N) is 2. The van der Waals surface area contributed by atoms with E-state index in [4.69, 9.17) is 4.42 Å². The van der Waals surface area contributed by atoms with Crippen LogP contribution >= 0.6 is 23.1 Å². The molecule has 5 nitrogen and oxygen atoms in total. The highest BCUT2D eigenvalue weighted by Crippen LogP contribution is 2.34. The second-order valence-electron chi connectivity index (χ2n) is 5.42. The van der Waals surface area contributed by atoms with Gasteiger partial charge in [-0.25, -0.2) is 14.8 Å². The van der Waals surface area contributed by atoms with Gasteiger partial charge in [-0.15, -0.1) is 11.3 Å². The lowest BCUT2D eigenvalue weighted by atomic mass is 10.2. The lowest BCUT2D eigenvalue weighted by molar-refractivity contribution is 0.0954. The number of aromatic nitrogens is 1. The van der Waals surface area contributed by atoms with Crippen LogP contribution < -0.4 is 5.43 Å². The number of rotatable bonds is 5. The molecule has 0 aliphatic heterocycles. The van der Waals surface area contributed by atoms with E-state index >= 15 is 0 Å². The van der Waals surface area contributed by atoms with Gasteiger partial charge in [0.25, 0.3) is 5.91 Å². The van der Waals surface area contributed by atoms with Crippen LogP contribution in [0.4, 0.5) is 4.39 Å². The SMILES string of the molecule is O=C(N/N=C/c1ccc(Sc2nc3ccccc3s2)o1)c1cccc(F)c1. The molecule has 0 fully saturated rings. The molecular weight excluding hydrogens is 385 g/mol. The maximum absolute atomic E-state index is 13.1. The van der Waals surface area contributed by atoms with Gasteiger partial charge in [0.2, 0.25) is 0 Å². The quantitative estimate of drug-likeness (QED) is 0.382. The molecule has 0 radical (unpaired) electrons. The van der Waals surface area contributed by atoms with Gasteiger partial charge in [-0.05, 0) is 54.2 Å². The van der Waals surface area contributed by atoms with Gasteiger partial charge in [-0.3, -0.25) is 4.79 Å². The van der Waals surface area contributed by atoms with Crippen LogP contribution in [0.25, 0.3) is 10.2 Å². The minimum Gasteiger partial charge on any atom is -0.448 e. The normalized spacial score (nSPS) is 11.3. The first-order valence-corrected chi connectivity index (χ1v) is 9.53. The number of halogens is 1. The van der Waals surface area contributed by atoms with Crippen molar-refractivity contribution in [2.24, 2.45) is 5.10 Å². The topological polar surface area (TPSA) is 67.5 Å². The summed E-state index contributed by atoms with van der Waals surface area (Å²) in [4.78, 5) is 16.4. The van der Waals surface area contributed by atoms with E-state index < -0.39 is 11.7 Å². The standard InChI is InChI=1S/C19H12FN3O2S2/c20-13-5-3-4-12(10-13)18(24)23-21-11-14-8-9-17(25-14)27-19-22-15-6-1-2-7-16(15)26-19/h1-11H,(H,23,24)/b21-11+. The number of thiazole rings is 1. The summed E-state index contributed by atoms with van der Waals surface area (Å²) in [5.41, 5.74) is 3.49. The van der Waals surface area contributed by atoms with Gasteiger partial charge in [0.1, 0.15) is 11.6 Å². The van der Waals surface area contributed by atoms with E-state index in [1.54, 1.807) is 17.4 Å². The number of fused-ring (bicyclic) bond motifs is 1. The molecule has 0 unspecified atom stereocenters. The summed E-state index contributed by atoms with van der Waals surface area (Å²) >= 11 is 3.01. The van der Waals surface area contributed by atoms with E-state index in [0.717, 1.165) is 20.6 Å². The van der Waals surface area contributed by atoms with E-state index in [1.807, 2.05) is 30.3 Å². The highest BCUT2D eigenvalue weighted by Gasteiger charge is 2.09. The zero-order valence-electron chi connectivity index (χ0n) is 13.8. The monoisotopic (exact) mass is 397 g/mol. The summed E-state index contributed by atoms with van der Waals surface area (Å²) in [6, 6.07) is 16.9. The molecule has 1 amide bonds. The molecule has 134 valence electrons. The number of benzene rings is 2. The van der Waals surface area contributed by atoms with Crippen molar-refractivity contribution < 1.29 is 13.6 Å². The minimum atomic E-state index is -0.499. The van der Waals surface area contributed by atoms with E-state index in [-0.39, 0.29) is 5.56 Å². The number of hydrogen-bond acceptors (Lipinski definition) is 6. The number of amides is 1. The Balaban J connectivity index is 1.39. The van der Waals surface area contributed by atoms with Crippen LogP contribution in [-0.4, -0.2) is 17.1 Å². The molecule has 2 aromatic heterocycles. The van der Waals surface area contributed by atoms with Gasteiger partial charge in [0.15, 0.2) is 9.43 Å². The van der Waals surface area contributed by atoms with Crippen molar-refractivity contribution in [2.75, 3.05) is 0 Å². The maximum atomic E-state index is 13.1. The fraction of sp³-hybridized carbons (Fsp3) is 0. The summed E-state index contributed by atoms with van der Waals surface area (Å²) in [7, 11) is 0. The summed E-state index contributed by atoms with van der Waals surface area (Å²) in [6.45, 7) is 0. The van der Waals surface area contributed by atoms with Crippen molar-refractivity contribution in [1.29, 1.82) is 0 Å². The van der Waals surface area contributed by atoms with Gasteiger partial charge in [-0.2, -0.15) is 5.10 Å². The molecule has 0 aliphatic carbocycles. The first-order chi connectivity index (χ1) is 13.2. The van der Waals surface area contributed by atoms with Gasteiger partial charge in [-0.1, -0.05) is 18.2 Å². The Bertz CT molecular complexity index is 1100. The van der Waals surface area contributed by atoms with Gasteiger partial charge in [0, 0.05) is 5.56 Å².